The zero-order valence-electron chi connectivity index (χ0n) is 19.0. The zero-order valence-corrected chi connectivity index (χ0v) is 20.6. The Balaban J connectivity index is 1.84. The summed E-state index contributed by atoms with van der Waals surface area (Å²) in [5.74, 6) is -0.349. The van der Waals surface area contributed by atoms with Gasteiger partial charge in [0.05, 0.1) is 23.7 Å². The quantitative estimate of drug-likeness (QED) is 0.427. The number of nitrogens with one attached hydrogen (secondary N) is 1. The normalized spacial score (nSPS) is 11.2. The van der Waals surface area contributed by atoms with Crippen LogP contribution < -0.4 is 14.4 Å². The van der Waals surface area contributed by atoms with Crippen molar-refractivity contribution >= 4 is 44.7 Å². The molecule has 0 heterocycles. The van der Waals surface area contributed by atoms with Gasteiger partial charge in [-0.1, -0.05) is 41.9 Å². The number of anilines is 2. The molecule has 3 aromatic rings. The number of nitrogens with zero attached hydrogens (tertiary/aromatic N) is 1. The van der Waals surface area contributed by atoms with Crippen molar-refractivity contribution < 1.29 is 22.7 Å². The van der Waals surface area contributed by atoms with E-state index in [2.05, 4.69) is 5.32 Å². The van der Waals surface area contributed by atoms with Crippen LogP contribution in [0.2, 0.25) is 5.02 Å². The first kappa shape index (κ1) is 25.3. The lowest BCUT2D eigenvalue weighted by Crippen LogP contribution is -2.37. The summed E-state index contributed by atoms with van der Waals surface area (Å²) in [4.78, 5) is 25.8. The molecule has 0 fully saturated rings. The van der Waals surface area contributed by atoms with E-state index in [1.54, 1.807) is 60.7 Å². The highest BCUT2D eigenvalue weighted by molar-refractivity contribution is 7.92. The first-order valence-electron chi connectivity index (χ1n) is 10.5. The fourth-order valence-electron chi connectivity index (χ4n) is 3.24. The first-order valence-corrected chi connectivity index (χ1v) is 12.7. The van der Waals surface area contributed by atoms with Crippen LogP contribution in [0, 0.1) is 0 Å². The van der Waals surface area contributed by atoms with E-state index < -0.39 is 22.5 Å². The van der Waals surface area contributed by atoms with Gasteiger partial charge in [-0.3, -0.25) is 13.9 Å². The SMILES string of the molecule is CC(C)Oc1ccc(N(CC(=O)Nc2ccc(Cl)cc2C(=O)c2ccccc2)S(C)(=O)=O)cc1. The molecular weight excluding hydrogens is 476 g/mol. The number of hydrogen-bond donors (Lipinski definition) is 1. The van der Waals surface area contributed by atoms with Gasteiger partial charge in [-0.2, -0.15) is 0 Å². The molecule has 0 spiro atoms. The maximum Gasteiger partial charge on any atom is 0.245 e. The van der Waals surface area contributed by atoms with Gasteiger partial charge in [0.2, 0.25) is 15.9 Å². The third kappa shape index (κ3) is 6.59. The molecule has 0 unspecified atom stereocenters. The number of halogens is 1. The van der Waals surface area contributed by atoms with Crippen LogP contribution in [0.5, 0.6) is 5.75 Å². The van der Waals surface area contributed by atoms with Gasteiger partial charge >= 0.3 is 0 Å². The van der Waals surface area contributed by atoms with Gasteiger partial charge in [0, 0.05) is 16.1 Å². The number of ketones is 1. The molecule has 0 aliphatic heterocycles. The summed E-state index contributed by atoms with van der Waals surface area (Å²) in [5.41, 5.74) is 1.18. The van der Waals surface area contributed by atoms with Gasteiger partial charge in [-0.25, -0.2) is 8.42 Å². The second-order valence-corrected chi connectivity index (χ2v) is 10.2. The van der Waals surface area contributed by atoms with Crippen molar-refractivity contribution in [3.8, 4) is 5.75 Å². The molecule has 0 radical (unpaired) electrons. The minimum Gasteiger partial charge on any atom is -0.491 e. The van der Waals surface area contributed by atoms with E-state index in [4.69, 9.17) is 16.3 Å². The van der Waals surface area contributed by atoms with E-state index in [0.717, 1.165) is 10.6 Å². The lowest BCUT2D eigenvalue weighted by molar-refractivity contribution is -0.114. The lowest BCUT2D eigenvalue weighted by Gasteiger charge is -2.22. The molecule has 0 saturated carbocycles. The highest BCUT2D eigenvalue weighted by Gasteiger charge is 2.23. The Morgan fingerprint density at radius 3 is 2.24 bits per heavy atom. The molecule has 1 amide bonds. The van der Waals surface area contributed by atoms with Crippen LogP contribution in [-0.4, -0.2) is 39.0 Å². The molecule has 34 heavy (non-hydrogen) atoms. The van der Waals surface area contributed by atoms with E-state index in [9.17, 15) is 18.0 Å². The van der Waals surface area contributed by atoms with Gasteiger partial charge in [-0.05, 0) is 56.3 Å². The number of carbonyl (C=O) groups excluding carboxylic acids is 2. The zero-order chi connectivity index (χ0) is 24.9. The van der Waals surface area contributed by atoms with Crippen molar-refractivity contribution in [2.75, 3.05) is 22.4 Å². The molecule has 0 aliphatic rings. The van der Waals surface area contributed by atoms with Gasteiger partial charge in [0.15, 0.2) is 5.78 Å². The Bertz CT molecular complexity index is 1280. The molecule has 0 aromatic heterocycles. The van der Waals surface area contributed by atoms with E-state index in [1.807, 2.05) is 13.8 Å². The maximum absolute atomic E-state index is 13.0. The predicted molar refractivity (Wildman–Crippen MR) is 134 cm³/mol. The Morgan fingerprint density at radius 2 is 1.65 bits per heavy atom. The Hall–Kier alpha value is -3.36. The molecule has 178 valence electrons. The number of sulfonamides is 1. The highest BCUT2D eigenvalue weighted by atomic mass is 35.5. The summed E-state index contributed by atoms with van der Waals surface area (Å²) in [5, 5.41) is 2.98. The summed E-state index contributed by atoms with van der Waals surface area (Å²) >= 11 is 6.09. The van der Waals surface area contributed by atoms with Crippen LogP contribution >= 0.6 is 11.6 Å². The van der Waals surface area contributed by atoms with Crippen molar-refractivity contribution in [2.24, 2.45) is 0 Å². The van der Waals surface area contributed by atoms with E-state index >= 15 is 0 Å². The monoisotopic (exact) mass is 500 g/mol. The Morgan fingerprint density at radius 1 is 1.00 bits per heavy atom. The van der Waals surface area contributed by atoms with E-state index in [-0.39, 0.29) is 23.1 Å². The molecule has 7 nitrogen and oxygen atoms in total. The number of carbonyl (C=O) groups is 2. The summed E-state index contributed by atoms with van der Waals surface area (Å²) < 4.78 is 31.4. The largest absolute Gasteiger partial charge is 0.491 e. The molecule has 3 rings (SSSR count). The third-order valence-corrected chi connectivity index (χ3v) is 6.10. The van der Waals surface area contributed by atoms with Crippen LogP contribution in [-0.2, 0) is 14.8 Å². The molecule has 0 atom stereocenters. The minimum atomic E-state index is -3.77. The number of benzene rings is 3. The van der Waals surface area contributed by atoms with Crippen LogP contribution in [0.3, 0.4) is 0 Å². The average Bonchev–Trinajstić information content (AvgIpc) is 2.78. The highest BCUT2D eigenvalue weighted by Crippen LogP contribution is 2.25. The van der Waals surface area contributed by atoms with Crippen molar-refractivity contribution in [1.82, 2.24) is 0 Å². The first-order chi connectivity index (χ1) is 16.0. The number of amides is 1. The third-order valence-electron chi connectivity index (χ3n) is 4.72. The fraction of sp³-hybridized carbons (Fsp3) is 0.200. The molecule has 3 aromatic carbocycles. The summed E-state index contributed by atoms with van der Waals surface area (Å²) in [6.45, 7) is 3.29. The Kier molecular flexibility index (Phi) is 7.96. The van der Waals surface area contributed by atoms with Crippen LogP contribution in [0.1, 0.15) is 29.8 Å². The topological polar surface area (TPSA) is 92.8 Å². The summed E-state index contributed by atoms with van der Waals surface area (Å²) in [6.07, 6.45) is 0.987. The standard InChI is InChI=1S/C25H25ClN2O5S/c1-17(2)33-21-12-10-20(11-13-21)28(34(3,31)32)16-24(29)27-23-14-9-19(26)15-22(23)25(30)18-7-5-4-6-8-18/h4-15,17H,16H2,1-3H3,(H,27,29). The smallest absolute Gasteiger partial charge is 0.245 e. The van der Waals surface area contributed by atoms with E-state index in [0.29, 0.717) is 22.0 Å². The van der Waals surface area contributed by atoms with Crippen molar-refractivity contribution in [3.63, 3.8) is 0 Å². The maximum atomic E-state index is 13.0. The summed E-state index contributed by atoms with van der Waals surface area (Å²) in [7, 11) is -3.77. The van der Waals surface area contributed by atoms with Gasteiger partial charge in [-0.15, -0.1) is 0 Å². The lowest BCUT2D eigenvalue weighted by atomic mass is 10.0. The number of ether oxygens (including phenoxy) is 1. The van der Waals surface area contributed by atoms with Crippen molar-refractivity contribution in [3.05, 3.63) is 88.9 Å². The minimum absolute atomic E-state index is 0.0326. The van der Waals surface area contributed by atoms with Gasteiger partial charge in [0.25, 0.3) is 0 Å². The van der Waals surface area contributed by atoms with Gasteiger partial charge < -0.3 is 10.1 Å². The second kappa shape index (κ2) is 10.7. The van der Waals surface area contributed by atoms with Crippen LogP contribution in [0.25, 0.3) is 0 Å². The molecule has 0 aliphatic carbocycles. The number of hydrogen-bond acceptors (Lipinski definition) is 5. The van der Waals surface area contributed by atoms with Crippen molar-refractivity contribution in [1.29, 1.82) is 0 Å². The van der Waals surface area contributed by atoms with Crippen LogP contribution in [0.15, 0.2) is 72.8 Å². The molecule has 9 heteroatoms. The molecule has 1 N–H and O–H groups in total. The van der Waals surface area contributed by atoms with Crippen molar-refractivity contribution in [2.45, 2.75) is 20.0 Å². The number of rotatable bonds is 9. The van der Waals surface area contributed by atoms with Crippen LogP contribution in [0.4, 0.5) is 11.4 Å². The average molecular weight is 501 g/mol. The van der Waals surface area contributed by atoms with Gasteiger partial charge in [0.1, 0.15) is 12.3 Å². The molecule has 0 saturated heterocycles. The molecular formula is C25H25ClN2O5S. The predicted octanol–water partition coefficient (Wildman–Crippen LogP) is 4.76. The summed E-state index contributed by atoms with van der Waals surface area (Å²) in [6, 6.07) is 19.5. The Labute approximate surface area is 204 Å². The van der Waals surface area contributed by atoms with E-state index in [1.165, 1.54) is 12.1 Å². The second-order valence-electron chi connectivity index (χ2n) is 7.86. The molecule has 0 bridgehead atoms. The fourth-order valence-corrected chi connectivity index (χ4v) is 4.27.